The Balaban J connectivity index is 2.02. The number of benzene rings is 1. The lowest BCUT2D eigenvalue weighted by atomic mass is 10.0. The summed E-state index contributed by atoms with van der Waals surface area (Å²) in [4.78, 5) is 6.73. The number of hydrogen-bond acceptors (Lipinski definition) is 5. The summed E-state index contributed by atoms with van der Waals surface area (Å²) in [5.41, 5.74) is 2.52. The van der Waals surface area contributed by atoms with Crippen molar-refractivity contribution in [3.63, 3.8) is 0 Å². The van der Waals surface area contributed by atoms with Gasteiger partial charge in [0.1, 0.15) is 0 Å². The summed E-state index contributed by atoms with van der Waals surface area (Å²) in [6.07, 6.45) is 3.17. The number of rotatable bonds is 4. The van der Waals surface area contributed by atoms with E-state index in [9.17, 15) is 0 Å². The summed E-state index contributed by atoms with van der Waals surface area (Å²) in [5, 5.41) is 7.58. The number of para-hydroxylation sites is 1. The summed E-state index contributed by atoms with van der Waals surface area (Å²) in [7, 11) is 0. The van der Waals surface area contributed by atoms with Gasteiger partial charge < -0.3 is 14.7 Å². The molecule has 21 heavy (non-hydrogen) atoms. The number of piperidine rings is 1. The maximum Gasteiger partial charge on any atom is 0.270 e. The molecular weight excluding hydrogens is 264 g/mol. The SMILES string of the molecule is CCc1ccccc1N(c1noc(C)n1)C1CCNCC1. The molecule has 2 heterocycles. The van der Waals surface area contributed by atoms with Crippen molar-refractivity contribution in [3.05, 3.63) is 35.7 Å². The molecule has 1 aliphatic heterocycles. The molecule has 5 nitrogen and oxygen atoms in total. The van der Waals surface area contributed by atoms with E-state index in [2.05, 4.69) is 51.5 Å². The van der Waals surface area contributed by atoms with Gasteiger partial charge in [0.15, 0.2) is 0 Å². The molecule has 1 aromatic carbocycles. The molecule has 0 spiro atoms. The zero-order valence-electron chi connectivity index (χ0n) is 12.7. The Kier molecular flexibility index (Phi) is 4.20. The highest BCUT2D eigenvalue weighted by Crippen LogP contribution is 2.31. The minimum absolute atomic E-state index is 0.413. The lowest BCUT2D eigenvalue weighted by molar-refractivity contribution is 0.388. The number of nitrogens with one attached hydrogen (secondary N) is 1. The van der Waals surface area contributed by atoms with Gasteiger partial charge in [0.25, 0.3) is 5.95 Å². The fraction of sp³-hybridized carbons (Fsp3) is 0.500. The lowest BCUT2D eigenvalue weighted by Gasteiger charge is -2.34. The van der Waals surface area contributed by atoms with Gasteiger partial charge >= 0.3 is 0 Å². The van der Waals surface area contributed by atoms with Gasteiger partial charge in [-0.05, 0) is 49.1 Å². The van der Waals surface area contributed by atoms with Crippen LogP contribution in [-0.2, 0) is 6.42 Å². The van der Waals surface area contributed by atoms with Crippen LogP contribution >= 0.6 is 0 Å². The van der Waals surface area contributed by atoms with Gasteiger partial charge in [-0.25, -0.2) is 0 Å². The van der Waals surface area contributed by atoms with Gasteiger partial charge in [-0.15, -0.1) is 0 Å². The van der Waals surface area contributed by atoms with E-state index >= 15 is 0 Å². The molecule has 0 saturated carbocycles. The molecule has 1 aromatic heterocycles. The molecule has 1 N–H and O–H groups in total. The van der Waals surface area contributed by atoms with Crippen molar-refractivity contribution in [2.45, 2.75) is 39.2 Å². The Morgan fingerprint density at radius 3 is 2.71 bits per heavy atom. The fourth-order valence-electron chi connectivity index (χ4n) is 2.96. The van der Waals surface area contributed by atoms with E-state index in [0.29, 0.717) is 17.9 Å². The molecule has 1 aliphatic rings. The van der Waals surface area contributed by atoms with Crippen LogP contribution in [0.25, 0.3) is 0 Å². The van der Waals surface area contributed by atoms with Gasteiger partial charge in [0.2, 0.25) is 5.89 Å². The Morgan fingerprint density at radius 1 is 1.29 bits per heavy atom. The van der Waals surface area contributed by atoms with Crippen LogP contribution in [0, 0.1) is 6.92 Å². The zero-order valence-corrected chi connectivity index (χ0v) is 12.7. The van der Waals surface area contributed by atoms with Crippen LogP contribution in [0.15, 0.2) is 28.8 Å². The number of aryl methyl sites for hydroxylation is 2. The third-order valence-electron chi connectivity index (χ3n) is 4.04. The molecule has 0 unspecified atom stereocenters. The molecule has 0 bridgehead atoms. The monoisotopic (exact) mass is 286 g/mol. The van der Waals surface area contributed by atoms with Crippen LogP contribution < -0.4 is 10.2 Å². The van der Waals surface area contributed by atoms with E-state index in [4.69, 9.17) is 4.52 Å². The molecule has 0 atom stereocenters. The van der Waals surface area contributed by atoms with Crippen LogP contribution in [0.3, 0.4) is 0 Å². The predicted octanol–water partition coefficient (Wildman–Crippen LogP) is 2.83. The second kappa shape index (κ2) is 6.26. The fourth-order valence-corrected chi connectivity index (χ4v) is 2.96. The van der Waals surface area contributed by atoms with E-state index < -0.39 is 0 Å². The molecule has 3 rings (SSSR count). The molecule has 0 aliphatic carbocycles. The van der Waals surface area contributed by atoms with E-state index in [-0.39, 0.29) is 0 Å². The molecule has 2 aromatic rings. The Morgan fingerprint density at radius 2 is 2.05 bits per heavy atom. The lowest BCUT2D eigenvalue weighted by Crippen LogP contribution is -2.41. The molecule has 1 fully saturated rings. The quantitative estimate of drug-likeness (QED) is 0.936. The third-order valence-corrected chi connectivity index (χ3v) is 4.04. The van der Waals surface area contributed by atoms with E-state index in [1.807, 2.05) is 6.92 Å². The predicted molar refractivity (Wildman–Crippen MR) is 82.9 cm³/mol. The van der Waals surface area contributed by atoms with Crippen molar-refractivity contribution < 1.29 is 4.52 Å². The van der Waals surface area contributed by atoms with Gasteiger partial charge in [-0.2, -0.15) is 4.98 Å². The standard InChI is InChI=1S/C16H22N4O/c1-3-13-6-4-5-7-15(13)20(14-8-10-17-11-9-14)16-18-12(2)21-19-16/h4-7,14,17H,3,8-11H2,1-2H3. The summed E-state index contributed by atoms with van der Waals surface area (Å²) < 4.78 is 5.21. The third kappa shape index (κ3) is 2.93. The van der Waals surface area contributed by atoms with Crippen LogP contribution in [0.1, 0.15) is 31.2 Å². The summed E-state index contributed by atoms with van der Waals surface area (Å²) in [5.74, 6) is 1.29. The average molecular weight is 286 g/mol. The van der Waals surface area contributed by atoms with Gasteiger partial charge in [-0.1, -0.05) is 25.1 Å². The maximum atomic E-state index is 5.21. The molecule has 0 amide bonds. The smallest absolute Gasteiger partial charge is 0.270 e. The highest BCUT2D eigenvalue weighted by molar-refractivity contribution is 5.62. The molecule has 5 heteroatoms. The second-order valence-electron chi connectivity index (χ2n) is 5.45. The Labute approximate surface area is 125 Å². The average Bonchev–Trinajstić information content (AvgIpc) is 2.95. The highest BCUT2D eigenvalue weighted by atomic mass is 16.5. The molecule has 1 saturated heterocycles. The Hall–Kier alpha value is -1.88. The first-order chi connectivity index (χ1) is 10.3. The summed E-state index contributed by atoms with van der Waals surface area (Å²) >= 11 is 0. The summed E-state index contributed by atoms with van der Waals surface area (Å²) in [6, 6.07) is 8.92. The van der Waals surface area contributed by atoms with Crippen molar-refractivity contribution in [2.24, 2.45) is 0 Å². The zero-order chi connectivity index (χ0) is 14.7. The van der Waals surface area contributed by atoms with Gasteiger partial charge in [0.05, 0.1) is 0 Å². The molecule has 0 radical (unpaired) electrons. The highest BCUT2D eigenvalue weighted by Gasteiger charge is 2.27. The minimum Gasteiger partial charge on any atom is -0.338 e. The van der Waals surface area contributed by atoms with Crippen molar-refractivity contribution in [1.29, 1.82) is 0 Å². The number of nitrogens with zero attached hydrogens (tertiary/aromatic N) is 3. The maximum absolute atomic E-state index is 5.21. The van der Waals surface area contributed by atoms with Crippen molar-refractivity contribution in [2.75, 3.05) is 18.0 Å². The first-order valence-corrected chi connectivity index (χ1v) is 7.67. The van der Waals surface area contributed by atoms with Crippen molar-refractivity contribution in [1.82, 2.24) is 15.5 Å². The second-order valence-corrected chi connectivity index (χ2v) is 5.45. The number of hydrogen-bond donors (Lipinski definition) is 1. The van der Waals surface area contributed by atoms with Gasteiger partial charge in [0, 0.05) is 18.7 Å². The van der Waals surface area contributed by atoms with Crippen molar-refractivity contribution in [3.8, 4) is 0 Å². The van der Waals surface area contributed by atoms with Gasteiger partial charge in [-0.3, -0.25) is 0 Å². The minimum atomic E-state index is 0.413. The summed E-state index contributed by atoms with van der Waals surface area (Å²) in [6.45, 7) is 6.09. The van der Waals surface area contributed by atoms with Crippen molar-refractivity contribution >= 4 is 11.6 Å². The van der Waals surface area contributed by atoms with Crippen LogP contribution in [0.2, 0.25) is 0 Å². The van der Waals surface area contributed by atoms with E-state index in [1.54, 1.807) is 0 Å². The largest absolute Gasteiger partial charge is 0.338 e. The first-order valence-electron chi connectivity index (χ1n) is 7.67. The van der Waals surface area contributed by atoms with Crippen LogP contribution in [-0.4, -0.2) is 29.3 Å². The number of aromatic nitrogens is 2. The normalized spacial score (nSPS) is 16.1. The molecule has 112 valence electrons. The Bertz CT molecular complexity index is 589. The van der Waals surface area contributed by atoms with E-state index in [0.717, 1.165) is 32.4 Å². The number of anilines is 2. The van der Waals surface area contributed by atoms with Crippen LogP contribution in [0.5, 0.6) is 0 Å². The van der Waals surface area contributed by atoms with E-state index in [1.165, 1.54) is 11.3 Å². The molecular formula is C16H22N4O. The first kappa shape index (κ1) is 14.1. The van der Waals surface area contributed by atoms with Crippen LogP contribution in [0.4, 0.5) is 11.6 Å². The topological polar surface area (TPSA) is 54.2 Å².